The van der Waals surface area contributed by atoms with Crippen molar-refractivity contribution in [2.75, 3.05) is 7.11 Å². The van der Waals surface area contributed by atoms with Crippen LogP contribution in [0.25, 0.3) is 0 Å². The average Bonchev–Trinajstić information content (AvgIpc) is 2.15. The summed E-state index contributed by atoms with van der Waals surface area (Å²) in [6.45, 7) is 3.83. The van der Waals surface area contributed by atoms with E-state index < -0.39 is 5.60 Å². The first-order chi connectivity index (χ1) is 7.02. The molecule has 0 saturated heterocycles. The lowest BCUT2D eigenvalue weighted by Gasteiger charge is -2.31. The fourth-order valence-corrected chi connectivity index (χ4v) is 1.76. The molecule has 0 fully saturated rings. The molecule has 2 rings (SSSR count). The van der Waals surface area contributed by atoms with Crippen LogP contribution in [-0.4, -0.2) is 18.5 Å². The van der Waals surface area contributed by atoms with Crippen molar-refractivity contribution >= 4 is 5.78 Å². The molecule has 3 heteroatoms. The number of carbonyl (C=O) groups excluding carboxylic acids is 1. The SMILES string of the molecule is COc1ccc2c(c1)C(=O)CC(C)(C)O2. The zero-order valence-corrected chi connectivity index (χ0v) is 9.16. The lowest BCUT2D eigenvalue weighted by atomic mass is 9.93. The number of Topliss-reactive ketones (excluding diaryl/α,β-unsaturated/α-hetero) is 1. The fraction of sp³-hybridized carbons (Fsp3) is 0.417. The van der Waals surface area contributed by atoms with Crippen LogP contribution in [0.1, 0.15) is 30.6 Å². The lowest BCUT2D eigenvalue weighted by molar-refractivity contribution is 0.0619. The molecule has 80 valence electrons. The maximum atomic E-state index is 11.8. The summed E-state index contributed by atoms with van der Waals surface area (Å²) in [5, 5.41) is 0. The Morgan fingerprint density at radius 1 is 1.40 bits per heavy atom. The van der Waals surface area contributed by atoms with Gasteiger partial charge in [0.05, 0.1) is 19.1 Å². The summed E-state index contributed by atoms with van der Waals surface area (Å²) in [6.07, 6.45) is 0.410. The van der Waals surface area contributed by atoms with E-state index in [4.69, 9.17) is 9.47 Å². The predicted octanol–water partition coefficient (Wildman–Crippen LogP) is 2.44. The Labute approximate surface area is 89.0 Å². The van der Waals surface area contributed by atoms with Gasteiger partial charge in [0.2, 0.25) is 0 Å². The molecule has 0 aliphatic carbocycles. The molecule has 1 aromatic rings. The minimum absolute atomic E-state index is 0.111. The number of hydrogen-bond donors (Lipinski definition) is 0. The molecule has 0 saturated carbocycles. The van der Waals surface area contributed by atoms with Gasteiger partial charge in [0, 0.05) is 0 Å². The van der Waals surface area contributed by atoms with Crippen molar-refractivity contribution in [2.45, 2.75) is 25.9 Å². The summed E-state index contributed by atoms with van der Waals surface area (Å²) in [7, 11) is 1.58. The van der Waals surface area contributed by atoms with E-state index in [9.17, 15) is 4.79 Å². The molecule has 0 aromatic heterocycles. The number of ketones is 1. The van der Waals surface area contributed by atoms with Gasteiger partial charge in [-0.25, -0.2) is 0 Å². The molecule has 15 heavy (non-hydrogen) atoms. The van der Waals surface area contributed by atoms with E-state index in [1.165, 1.54) is 0 Å². The van der Waals surface area contributed by atoms with Crippen LogP contribution < -0.4 is 9.47 Å². The number of ether oxygens (including phenoxy) is 2. The van der Waals surface area contributed by atoms with Crippen LogP contribution in [0.4, 0.5) is 0 Å². The summed E-state index contributed by atoms with van der Waals surface area (Å²) in [6, 6.07) is 5.31. The Morgan fingerprint density at radius 3 is 2.80 bits per heavy atom. The standard InChI is InChI=1S/C12H14O3/c1-12(2)7-10(13)9-6-8(14-3)4-5-11(9)15-12/h4-6H,7H2,1-3H3. The van der Waals surface area contributed by atoms with E-state index >= 15 is 0 Å². The fourth-order valence-electron chi connectivity index (χ4n) is 1.76. The molecule has 0 spiro atoms. The zero-order valence-electron chi connectivity index (χ0n) is 9.16. The summed E-state index contributed by atoms with van der Waals surface area (Å²) >= 11 is 0. The Kier molecular flexibility index (Phi) is 2.18. The minimum atomic E-state index is -0.404. The highest BCUT2D eigenvalue weighted by Gasteiger charge is 2.32. The highest BCUT2D eigenvalue weighted by molar-refractivity contribution is 6.00. The number of fused-ring (bicyclic) bond motifs is 1. The van der Waals surface area contributed by atoms with Gasteiger partial charge >= 0.3 is 0 Å². The molecular formula is C12H14O3. The van der Waals surface area contributed by atoms with Gasteiger partial charge in [0.15, 0.2) is 5.78 Å². The number of benzene rings is 1. The summed E-state index contributed by atoms with van der Waals surface area (Å²) in [4.78, 5) is 11.8. The third-order valence-electron chi connectivity index (χ3n) is 2.46. The van der Waals surface area contributed by atoms with Crippen molar-refractivity contribution in [3.8, 4) is 11.5 Å². The van der Waals surface area contributed by atoms with E-state index in [2.05, 4.69) is 0 Å². The van der Waals surface area contributed by atoms with Crippen molar-refractivity contribution in [1.29, 1.82) is 0 Å². The Balaban J connectivity index is 2.46. The van der Waals surface area contributed by atoms with Crippen LogP contribution in [0.5, 0.6) is 11.5 Å². The molecule has 0 bridgehead atoms. The van der Waals surface area contributed by atoms with Gasteiger partial charge in [0.25, 0.3) is 0 Å². The van der Waals surface area contributed by atoms with Gasteiger partial charge in [-0.1, -0.05) is 0 Å². The molecule has 0 amide bonds. The minimum Gasteiger partial charge on any atom is -0.497 e. The third-order valence-corrected chi connectivity index (χ3v) is 2.46. The molecule has 0 unspecified atom stereocenters. The van der Waals surface area contributed by atoms with Crippen LogP contribution in [0.15, 0.2) is 18.2 Å². The number of hydrogen-bond acceptors (Lipinski definition) is 3. The molecule has 0 atom stereocenters. The van der Waals surface area contributed by atoms with E-state index in [-0.39, 0.29) is 5.78 Å². The number of carbonyl (C=O) groups is 1. The smallest absolute Gasteiger partial charge is 0.170 e. The second-order valence-electron chi connectivity index (χ2n) is 4.32. The summed E-state index contributed by atoms with van der Waals surface area (Å²) < 4.78 is 10.8. The Hall–Kier alpha value is -1.51. The van der Waals surface area contributed by atoms with Crippen LogP contribution >= 0.6 is 0 Å². The largest absolute Gasteiger partial charge is 0.497 e. The first kappa shape index (κ1) is 10.0. The molecule has 0 N–H and O–H groups in total. The van der Waals surface area contributed by atoms with Crippen LogP contribution in [0, 0.1) is 0 Å². The molecule has 0 radical (unpaired) electrons. The second kappa shape index (κ2) is 3.26. The van der Waals surface area contributed by atoms with E-state index in [1.54, 1.807) is 25.3 Å². The maximum Gasteiger partial charge on any atom is 0.170 e. The summed E-state index contributed by atoms with van der Waals surface area (Å²) in [5.41, 5.74) is 0.215. The van der Waals surface area contributed by atoms with Gasteiger partial charge in [-0.3, -0.25) is 4.79 Å². The molecule has 1 heterocycles. The summed E-state index contributed by atoms with van der Waals surface area (Å²) in [5.74, 6) is 1.45. The lowest BCUT2D eigenvalue weighted by Crippen LogP contribution is -2.35. The Bertz CT molecular complexity index is 407. The topological polar surface area (TPSA) is 35.5 Å². The first-order valence-corrected chi connectivity index (χ1v) is 4.92. The van der Waals surface area contributed by atoms with Crippen molar-refractivity contribution in [3.63, 3.8) is 0 Å². The quantitative estimate of drug-likeness (QED) is 0.708. The monoisotopic (exact) mass is 206 g/mol. The van der Waals surface area contributed by atoms with Crippen molar-refractivity contribution < 1.29 is 14.3 Å². The van der Waals surface area contributed by atoms with Gasteiger partial charge in [-0.2, -0.15) is 0 Å². The molecule has 1 aliphatic heterocycles. The predicted molar refractivity (Wildman–Crippen MR) is 56.6 cm³/mol. The second-order valence-corrected chi connectivity index (χ2v) is 4.32. The van der Waals surface area contributed by atoms with Gasteiger partial charge in [0.1, 0.15) is 17.1 Å². The van der Waals surface area contributed by atoms with Crippen molar-refractivity contribution in [1.82, 2.24) is 0 Å². The van der Waals surface area contributed by atoms with Crippen molar-refractivity contribution in [2.24, 2.45) is 0 Å². The average molecular weight is 206 g/mol. The number of methoxy groups -OCH3 is 1. The van der Waals surface area contributed by atoms with E-state index in [0.717, 1.165) is 0 Å². The van der Waals surface area contributed by atoms with E-state index in [1.807, 2.05) is 13.8 Å². The highest BCUT2D eigenvalue weighted by atomic mass is 16.5. The molecular weight excluding hydrogens is 192 g/mol. The molecule has 1 aliphatic rings. The first-order valence-electron chi connectivity index (χ1n) is 4.92. The highest BCUT2D eigenvalue weighted by Crippen LogP contribution is 2.34. The van der Waals surface area contributed by atoms with Crippen LogP contribution in [0.3, 0.4) is 0 Å². The zero-order chi connectivity index (χ0) is 11.1. The third kappa shape index (κ3) is 1.82. The van der Waals surface area contributed by atoms with Gasteiger partial charge in [-0.15, -0.1) is 0 Å². The van der Waals surface area contributed by atoms with Crippen molar-refractivity contribution in [3.05, 3.63) is 23.8 Å². The molecule has 1 aromatic carbocycles. The number of rotatable bonds is 1. The molecule has 3 nitrogen and oxygen atoms in total. The maximum absolute atomic E-state index is 11.8. The van der Waals surface area contributed by atoms with Gasteiger partial charge in [-0.05, 0) is 32.0 Å². The van der Waals surface area contributed by atoms with E-state index in [0.29, 0.717) is 23.5 Å². The Morgan fingerprint density at radius 2 is 2.13 bits per heavy atom. The van der Waals surface area contributed by atoms with Crippen LogP contribution in [-0.2, 0) is 0 Å². The van der Waals surface area contributed by atoms with Gasteiger partial charge < -0.3 is 9.47 Å². The van der Waals surface area contributed by atoms with Crippen LogP contribution in [0.2, 0.25) is 0 Å². The normalized spacial score (nSPS) is 17.9.